The zero-order chi connectivity index (χ0) is 17.6. The molecule has 0 aliphatic carbocycles. The molecule has 0 aromatic heterocycles. The van der Waals surface area contributed by atoms with Gasteiger partial charge in [-0.15, -0.1) is 0 Å². The number of amides is 1. The number of hydrogen-bond acceptors (Lipinski definition) is 4. The lowest BCUT2D eigenvalue weighted by molar-refractivity contribution is -0.117. The Morgan fingerprint density at radius 1 is 0.960 bits per heavy atom. The van der Waals surface area contributed by atoms with Crippen LogP contribution in [0.15, 0.2) is 54.6 Å². The number of para-hydroxylation sites is 1. The highest BCUT2D eigenvalue weighted by Gasteiger charge is 2.19. The van der Waals surface area contributed by atoms with Gasteiger partial charge in [0.05, 0.1) is 12.1 Å². The van der Waals surface area contributed by atoms with Gasteiger partial charge in [-0.2, -0.15) is 0 Å². The Hall–Kier alpha value is -2.86. The summed E-state index contributed by atoms with van der Waals surface area (Å²) < 4.78 is 0. The van der Waals surface area contributed by atoms with Crippen molar-refractivity contribution in [1.82, 2.24) is 4.90 Å². The molecular formula is C19H21N3O3. The lowest BCUT2D eigenvalue weighted by Crippen LogP contribution is -2.48. The molecule has 0 bridgehead atoms. The van der Waals surface area contributed by atoms with Crippen molar-refractivity contribution < 1.29 is 14.7 Å². The summed E-state index contributed by atoms with van der Waals surface area (Å²) in [6.45, 7) is 3.70. The van der Waals surface area contributed by atoms with Crippen molar-refractivity contribution in [3.63, 3.8) is 0 Å². The van der Waals surface area contributed by atoms with Crippen molar-refractivity contribution >= 4 is 23.3 Å². The fraction of sp³-hybridized carbons (Fsp3) is 0.263. The van der Waals surface area contributed by atoms with Gasteiger partial charge in [0.25, 0.3) is 0 Å². The average molecular weight is 339 g/mol. The highest BCUT2D eigenvalue weighted by molar-refractivity contribution is 5.94. The quantitative estimate of drug-likeness (QED) is 0.873. The smallest absolute Gasteiger partial charge is 0.335 e. The molecule has 1 aliphatic heterocycles. The second-order valence-corrected chi connectivity index (χ2v) is 6.03. The molecule has 2 aromatic carbocycles. The number of carboxylic acid groups (broad SMARTS) is 1. The second kappa shape index (κ2) is 7.81. The number of hydrogen-bond donors (Lipinski definition) is 2. The molecule has 2 aromatic rings. The molecule has 6 heteroatoms. The number of aromatic carboxylic acids is 1. The van der Waals surface area contributed by atoms with Crippen molar-refractivity contribution in [3.05, 3.63) is 60.2 Å². The van der Waals surface area contributed by atoms with Crippen molar-refractivity contribution in [2.24, 2.45) is 0 Å². The Kier molecular flexibility index (Phi) is 5.30. The summed E-state index contributed by atoms with van der Waals surface area (Å²) in [6, 6.07) is 16.5. The molecule has 0 saturated carbocycles. The van der Waals surface area contributed by atoms with Crippen molar-refractivity contribution in [2.45, 2.75) is 0 Å². The van der Waals surface area contributed by atoms with E-state index in [0.29, 0.717) is 12.2 Å². The first-order valence-corrected chi connectivity index (χ1v) is 8.27. The van der Waals surface area contributed by atoms with E-state index in [9.17, 15) is 9.59 Å². The lowest BCUT2D eigenvalue weighted by atomic mass is 10.2. The molecule has 1 heterocycles. The summed E-state index contributed by atoms with van der Waals surface area (Å²) in [5.74, 6) is -1.14. The summed E-state index contributed by atoms with van der Waals surface area (Å²) in [5, 5.41) is 11.8. The fourth-order valence-electron chi connectivity index (χ4n) is 2.94. The SMILES string of the molecule is O=C(CN1CCN(c2ccccc2)CC1)Nc1cccc(C(=O)O)c1. The van der Waals surface area contributed by atoms with Crippen molar-refractivity contribution in [2.75, 3.05) is 42.9 Å². The van der Waals surface area contributed by atoms with Gasteiger partial charge >= 0.3 is 5.97 Å². The Bertz CT molecular complexity index is 741. The predicted molar refractivity (Wildman–Crippen MR) is 97.1 cm³/mol. The van der Waals surface area contributed by atoms with E-state index in [0.717, 1.165) is 26.2 Å². The molecule has 130 valence electrons. The number of piperazine rings is 1. The predicted octanol–water partition coefficient (Wildman–Crippen LogP) is 2.15. The topological polar surface area (TPSA) is 72.9 Å². The zero-order valence-corrected chi connectivity index (χ0v) is 13.9. The summed E-state index contributed by atoms with van der Waals surface area (Å²) in [6.07, 6.45) is 0. The van der Waals surface area contributed by atoms with E-state index in [2.05, 4.69) is 27.2 Å². The highest BCUT2D eigenvalue weighted by Crippen LogP contribution is 2.16. The summed E-state index contributed by atoms with van der Waals surface area (Å²) in [7, 11) is 0. The average Bonchev–Trinajstić information content (AvgIpc) is 2.63. The summed E-state index contributed by atoms with van der Waals surface area (Å²) in [5.41, 5.74) is 1.87. The molecule has 1 aliphatic rings. The van der Waals surface area contributed by atoms with Crippen molar-refractivity contribution in [3.8, 4) is 0 Å². The van der Waals surface area contributed by atoms with Gasteiger partial charge in [0, 0.05) is 37.6 Å². The number of nitrogens with one attached hydrogen (secondary N) is 1. The van der Waals surface area contributed by atoms with Gasteiger partial charge in [0.1, 0.15) is 0 Å². The van der Waals surface area contributed by atoms with Crippen LogP contribution in [0.5, 0.6) is 0 Å². The minimum absolute atomic E-state index is 0.129. The van der Waals surface area contributed by atoms with Crippen LogP contribution in [0.3, 0.4) is 0 Å². The molecule has 3 rings (SSSR count). The molecule has 1 saturated heterocycles. The maximum atomic E-state index is 12.2. The minimum atomic E-state index is -1.01. The van der Waals surface area contributed by atoms with Crippen LogP contribution < -0.4 is 10.2 Å². The van der Waals surface area contributed by atoms with E-state index >= 15 is 0 Å². The zero-order valence-electron chi connectivity index (χ0n) is 13.9. The second-order valence-electron chi connectivity index (χ2n) is 6.03. The minimum Gasteiger partial charge on any atom is -0.478 e. The number of benzene rings is 2. The Morgan fingerprint density at radius 2 is 1.68 bits per heavy atom. The third-order valence-electron chi connectivity index (χ3n) is 4.25. The maximum absolute atomic E-state index is 12.2. The number of anilines is 2. The van der Waals surface area contributed by atoms with Crippen LogP contribution in [-0.2, 0) is 4.79 Å². The standard InChI is InChI=1S/C19H21N3O3/c23-18(20-16-6-4-5-15(13-16)19(24)25)14-21-9-11-22(12-10-21)17-7-2-1-3-8-17/h1-8,13H,9-12,14H2,(H,20,23)(H,24,25). The maximum Gasteiger partial charge on any atom is 0.335 e. The first-order valence-electron chi connectivity index (χ1n) is 8.27. The normalized spacial score (nSPS) is 15.0. The van der Waals surface area contributed by atoms with Crippen LogP contribution in [-0.4, -0.2) is 54.6 Å². The van der Waals surface area contributed by atoms with E-state index in [1.807, 2.05) is 18.2 Å². The van der Waals surface area contributed by atoms with Gasteiger partial charge in [0.2, 0.25) is 5.91 Å². The van der Waals surface area contributed by atoms with Gasteiger partial charge < -0.3 is 15.3 Å². The highest BCUT2D eigenvalue weighted by atomic mass is 16.4. The molecule has 2 N–H and O–H groups in total. The van der Waals surface area contributed by atoms with E-state index in [4.69, 9.17) is 5.11 Å². The van der Waals surface area contributed by atoms with Crippen molar-refractivity contribution in [1.29, 1.82) is 0 Å². The third kappa shape index (κ3) is 4.58. The lowest BCUT2D eigenvalue weighted by Gasteiger charge is -2.35. The summed E-state index contributed by atoms with van der Waals surface area (Å²) in [4.78, 5) is 27.6. The van der Waals surface area contributed by atoms with Gasteiger partial charge in [-0.3, -0.25) is 9.69 Å². The van der Waals surface area contributed by atoms with Crippen LogP contribution in [0.4, 0.5) is 11.4 Å². The van der Waals surface area contributed by atoms with E-state index in [-0.39, 0.29) is 11.5 Å². The molecule has 6 nitrogen and oxygen atoms in total. The molecular weight excluding hydrogens is 318 g/mol. The first kappa shape index (κ1) is 17.0. The van der Waals surface area contributed by atoms with E-state index in [1.165, 1.54) is 17.8 Å². The van der Waals surface area contributed by atoms with E-state index in [1.54, 1.807) is 12.1 Å². The van der Waals surface area contributed by atoms with Crippen LogP contribution in [0.1, 0.15) is 10.4 Å². The Morgan fingerprint density at radius 3 is 2.36 bits per heavy atom. The summed E-state index contributed by atoms with van der Waals surface area (Å²) >= 11 is 0. The van der Waals surface area contributed by atoms with Gasteiger partial charge in [0.15, 0.2) is 0 Å². The number of rotatable bonds is 5. The Balaban J connectivity index is 1.49. The molecule has 25 heavy (non-hydrogen) atoms. The molecule has 0 atom stereocenters. The largest absolute Gasteiger partial charge is 0.478 e. The van der Waals surface area contributed by atoms with Crippen LogP contribution in [0, 0.1) is 0 Å². The molecule has 1 amide bonds. The third-order valence-corrected chi connectivity index (χ3v) is 4.25. The monoisotopic (exact) mass is 339 g/mol. The molecule has 0 radical (unpaired) electrons. The van der Waals surface area contributed by atoms with Gasteiger partial charge in [-0.25, -0.2) is 4.79 Å². The van der Waals surface area contributed by atoms with Crippen LogP contribution in [0.2, 0.25) is 0 Å². The molecule has 0 spiro atoms. The number of carbonyl (C=O) groups excluding carboxylic acids is 1. The Labute approximate surface area is 146 Å². The first-order chi connectivity index (χ1) is 12.1. The molecule has 0 unspecified atom stereocenters. The van der Waals surface area contributed by atoms with Gasteiger partial charge in [-0.1, -0.05) is 24.3 Å². The fourth-order valence-corrected chi connectivity index (χ4v) is 2.94. The number of carboxylic acids is 1. The number of carbonyl (C=O) groups is 2. The number of nitrogens with zero attached hydrogens (tertiary/aromatic N) is 2. The van der Waals surface area contributed by atoms with Gasteiger partial charge in [-0.05, 0) is 30.3 Å². The molecule has 1 fully saturated rings. The van der Waals surface area contributed by atoms with E-state index < -0.39 is 5.97 Å². The van der Waals surface area contributed by atoms with Crippen LogP contribution in [0.25, 0.3) is 0 Å². The van der Waals surface area contributed by atoms with Crippen LogP contribution >= 0.6 is 0 Å².